The zero-order valence-electron chi connectivity index (χ0n) is 17.3. The van der Waals surface area contributed by atoms with E-state index in [4.69, 9.17) is 13.6 Å². The second kappa shape index (κ2) is 8.41. The van der Waals surface area contributed by atoms with Gasteiger partial charge in [0.1, 0.15) is 11.3 Å². The van der Waals surface area contributed by atoms with Gasteiger partial charge < -0.3 is 18.9 Å². The molecule has 5 rings (SSSR count). The molecule has 1 fully saturated rings. The normalized spacial score (nSPS) is 15.8. The van der Waals surface area contributed by atoms with Crippen molar-refractivity contribution < 1.29 is 18.4 Å². The number of furan rings is 2. The average molecular weight is 416 g/mol. The van der Waals surface area contributed by atoms with Crippen LogP contribution >= 0.6 is 0 Å². The van der Waals surface area contributed by atoms with Crippen molar-refractivity contribution in [3.05, 3.63) is 89.6 Å². The van der Waals surface area contributed by atoms with Gasteiger partial charge in [0.05, 0.1) is 31.2 Å². The molecule has 3 heterocycles. The third-order valence-electron chi connectivity index (χ3n) is 5.66. The number of amides is 1. The van der Waals surface area contributed by atoms with Crippen LogP contribution in [-0.2, 0) is 4.74 Å². The number of carbonyl (C=O) groups is 1. The Bertz CT molecular complexity index is 1170. The number of benzene rings is 2. The van der Waals surface area contributed by atoms with Gasteiger partial charge in [0, 0.05) is 18.5 Å². The molecule has 1 aliphatic heterocycles. The van der Waals surface area contributed by atoms with E-state index in [1.54, 1.807) is 12.1 Å². The lowest BCUT2D eigenvalue weighted by atomic mass is 9.99. The van der Waals surface area contributed by atoms with Crippen LogP contribution in [-0.4, -0.2) is 37.1 Å². The van der Waals surface area contributed by atoms with Gasteiger partial charge in [0.15, 0.2) is 5.76 Å². The van der Waals surface area contributed by atoms with E-state index in [9.17, 15) is 4.79 Å². The Morgan fingerprint density at radius 3 is 2.52 bits per heavy atom. The fourth-order valence-corrected chi connectivity index (χ4v) is 4.08. The van der Waals surface area contributed by atoms with E-state index in [1.165, 1.54) is 11.8 Å². The Morgan fingerprint density at radius 1 is 1.00 bits per heavy atom. The van der Waals surface area contributed by atoms with Gasteiger partial charge in [-0.15, -0.1) is 0 Å². The summed E-state index contributed by atoms with van der Waals surface area (Å²) in [5, 5.41) is 3.92. The zero-order chi connectivity index (χ0) is 21.2. The molecule has 4 aromatic rings. The number of ether oxygens (including phenoxy) is 1. The Hall–Kier alpha value is -3.35. The number of nitrogens with zero attached hydrogens (tertiary/aromatic N) is 1. The monoisotopic (exact) mass is 416 g/mol. The van der Waals surface area contributed by atoms with Crippen molar-refractivity contribution in [2.45, 2.75) is 13.0 Å². The van der Waals surface area contributed by atoms with Crippen molar-refractivity contribution in [2.75, 3.05) is 31.6 Å². The highest BCUT2D eigenvalue weighted by atomic mass is 16.5. The number of hydrogen-bond donors (Lipinski definition) is 1. The molecule has 1 saturated heterocycles. The minimum Gasteiger partial charge on any atom is -0.459 e. The summed E-state index contributed by atoms with van der Waals surface area (Å²) in [6, 6.07) is 19.4. The maximum atomic E-state index is 12.9. The molecule has 0 spiro atoms. The van der Waals surface area contributed by atoms with Gasteiger partial charge in [-0.05, 0) is 36.8 Å². The van der Waals surface area contributed by atoms with Crippen LogP contribution in [0.3, 0.4) is 0 Å². The summed E-state index contributed by atoms with van der Waals surface area (Å²) in [6.07, 6.45) is 1.49. The highest BCUT2D eigenvalue weighted by Crippen LogP contribution is 2.40. The fourth-order valence-electron chi connectivity index (χ4n) is 4.08. The maximum absolute atomic E-state index is 12.9. The summed E-state index contributed by atoms with van der Waals surface area (Å²) in [6.45, 7) is 4.96. The number of morpholine rings is 1. The van der Waals surface area contributed by atoms with Crippen molar-refractivity contribution in [3.8, 4) is 0 Å². The first-order valence-corrected chi connectivity index (χ1v) is 10.5. The number of anilines is 1. The van der Waals surface area contributed by atoms with Crippen LogP contribution in [0.5, 0.6) is 0 Å². The molecule has 1 atom stereocenters. The van der Waals surface area contributed by atoms with Crippen molar-refractivity contribution in [1.82, 2.24) is 4.90 Å². The van der Waals surface area contributed by atoms with Crippen LogP contribution in [0.4, 0.5) is 5.69 Å². The number of rotatable bonds is 5. The van der Waals surface area contributed by atoms with Crippen molar-refractivity contribution in [1.29, 1.82) is 0 Å². The second-order valence-corrected chi connectivity index (χ2v) is 7.73. The molecule has 2 aromatic carbocycles. The molecule has 2 aromatic heterocycles. The Kier molecular flexibility index (Phi) is 5.32. The lowest BCUT2D eigenvalue weighted by molar-refractivity contribution is 0.0206. The van der Waals surface area contributed by atoms with Gasteiger partial charge in [-0.2, -0.15) is 0 Å². The second-order valence-electron chi connectivity index (χ2n) is 7.73. The van der Waals surface area contributed by atoms with Gasteiger partial charge >= 0.3 is 0 Å². The lowest BCUT2D eigenvalue weighted by Crippen LogP contribution is -2.39. The molecule has 6 heteroatoms. The predicted octanol–water partition coefficient (Wildman–Crippen LogP) is 5.01. The van der Waals surface area contributed by atoms with Crippen LogP contribution in [0.1, 0.15) is 33.5 Å². The standard InChI is InChI=1S/C25H24N2O4/c1-17-8-10-18(11-9-17)23(27-12-15-29-16-13-27)24-22(19-5-2-3-6-20(19)31-24)26-25(28)21-7-4-14-30-21/h2-11,14,23H,12-13,15-16H2,1H3,(H,26,28)/t23-/m0/s1. The molecule has 0 radical (unpaired) electrons. The van der Waals surface area contributed by atoms with Gasteiger partial charge in [0.2, 0.25) is 0 Å². The summed E-state index contributed by atoms with van der Waals surface area (Å²) < 4.78 is 17.3. The van der Waals surface area contributed by atoms with E-state index >= 15 is 0 Å². The Labute approximate surface area is 180 Å². The highest BCUT2D eigenvalue weighted by Gasteiger charge is 2.31. The first-order valence-electron chi connectivity index (χ1n) is 10.5. The predicted molar refractivity (Wildman–Crippen MR) is 118 cm³/mol. The molecular weight excluding hydrogens is 392 g/mol. The van der Waals surface area contributed by atoms with Crippen LogP contribution < -0.4 is 5.32 Å². The molecule has 0 bridgehead atoms. The summed E-state index contributed by atoms with van der Waals surface area (Å²) in [5.74, 6) is 0.670. The molecule has 0 saturated carbocycles. The SMILES string of the molecule is Cc1ccc([C@@H](c2oc3ccccc3c2NC(=O)c2ccco2)N2CCOCC2)cc1. The summed E-state index contributed by atoms with van der Waals surface area (Å²) in [7, 11) is 0. The molecule has 1 amide bonds. The van der Waals surface area contributed by atoms with E-state index in [0.29, 0.717) is 24.7 Å². The largest absolute Gasteiger partial charge is 0.459 e. The summed E-state index contributed by atoms with van der Waals surface area (Å²) in [5.41, 5.74) is 3.71. The lowest BCUT2D eigenvalue weighted by Gasteiger charge is -2.34. The molecule has 1 N–H and O–H groups in total. The number of nitrogens with one attached hydrogen (secondary N) is 1. The number of para-hydroxylation sites is 1. The Morgan fingerprint density at radius 2 is 1.77 bits per heavy atom. The first kappa shape index (κ1) is 19.6. The smallest absolute Gasteiger partial charge is 0.291 e. The first-order chi connectivity index (χ1) is 15.2. The molecule has 31 heavy (non-hydrogen) atoms. The van der Waals surface area contributed by atoms with Crippen molar-refractivity contribution >= 4 is 22.6 Å². The topological polar surface area (TPSA) is 67.9 Å². The molecule has 0 aliphatic carbocycles. The van der Waals surface area contributed by atoms with Crippen LogP contribution in [0.2, 0.25) is 0 Å². The van der Waals surface area contributed by atoms with Gasteiger partial charge in [-0.1, -0.05) is 42.0 Å². The van der Waals surface area contributed by atoms with Crippen LogP contribution in [0.15, 0.2) is 75.8 Å². The molecule has 1 aliphatic rings. The van der Waals surface area contributed by atoms with E-state index in [0.717, 1.165) is 29.6 Å². The fraction of sp³-hybridized carbons (Fsp3) is 0.240. The summed E-state index contributed by atoms with van der Waals surface area (Å²) >= 11 is 0. The number of carbonyl (C=O) groups excluding carboxylic acids is 1. The molecular formula is C25H24N2O4. The quantitative estimate of drug-likeness (QED) is 0.495. The van der Waals surface area contributed by atoms with E-state index < -0.39 is 0 Å². The van der Waals surface area contributed by atoms with E-state index in [1.807, 2.05) is 24.3 Å². The van der Waals surface area contributed by atoms with Crippen molar-refractivity contribution in [3.63, 3.8) is 0 Å². The minimum atomic E-state index is -0.303. The average Bonchev–Trinajstić information content (AvgIpc) is 3.45. The number of hydrogen-bond acceptors (Lipinski definition) is 5. The molecule has 158 valence electrons. The third kappa shape index (κ3) is 3.87. The number of fused-ring (bicyclic) bond motifs is 1. The van der Waals surface area contributed by atoms with Gasteiger partial charge in [0.25, 0.3) is 5.91 Å². The third-order valence-corrected chi connectivity index (χ3v) is 5.66. The number of aryl methyl sites for hydroxylation is 1. The van der Waals surface area contributed by atoms with E-state index in [2.05, 4.69) is 41.4 Å². The van der Waals surface area contributed by atoms with Crippen LogP contribution in [0.25, 0.3) is 11.0 Å². The molecule has 0 unspecified atom stereocenters. The molecule has 6 nitrogen and oxygen atoms in total. The maximum Gasteiger partial charge on any atom is 0.291 e. The van der Waals surface area contributed by atoms with Crippen LogP contribution in [0, 0.1) is 6.92 Å². The van der Waals surface area contributed by atoms with Gasteiger partial charge in [-0.25, -0.2) is 0 Å². The zero-order valence-corrected chi connectivity index (χ0v) is 17.3. The van der Waals surface area contributed by atoms with E-state index in [-0.39, 0.29) is 17.7 Å². The Balaban J connectivity index is 1.64. The highest BCUT2D eigenvalue weighted by molar-refractivity contribution is 6.08. The van der Waals surface area contributed by atoms with Gasteiger partial charge in [-0.3, -0.25) is 9.69 Å². The minimum absolute atomic E-state index is 0.149. The van der Waals surface area contributed by atoms with Crippen molar-refractivity contribution in [2.24, 2.45) is 0 Å². The summed E-state index contributed by atoms with van der Waals surface area (Å²) in [4.78, 5) is 15.2.